The van der Waals surface area contributed by atoms with Gasteiger partial charge >= 0.3 is 0 Å². The number of carbonyl (C=O) groups excluding carboxylic acids is 1. The van der Waals surface area contributed by atoms with E-state index < -0.39 is 6.04 Å². The Balaban J connectivity index is 1.59. The van der Waals surface area contributed by atoms with Crippen LogP contribution in [-0.2, 0) is 4.79 Å². The monoisotopic (exact) mass is 377 g/mol. The number of ether oxygens (including phenoxy) is 2. The summed E-state index contributed by atoms with van der Waals surface area (Å²) in [7, 11) is 3.15. The van der Waals surface area contributed by atoms with Crippen molar-refractivity contribution >= 4 is 28.6 Å². The molecule has 3 aromatic rings. The van der Waals surface area contributed by atoms with Crippen LogP contribution < -0.4 is 20.2 Å². The van der Waals surface area contributed by atoms with Gasteiger partial charge in [0.05, 0.1) is 20.4 Å². The minimum absolute atomic E-state index is 0.232. The number of nitrogens with zero attached hydrogens (tertiary/aromatic N) is 1. The van der Waals surface area contributed by atoms with Crippen LogP contribution >= 0.6 is 0 Å². The van der Waals surface area contributed by atoms with Crippen molar-refractivity contribution in [3.05, 3.63) is 66.2 Å². The van der Waals surface area contributed by atoms with Crippen molar-refractivity contribution < 1.29 is 14.3 Å². The number of rotatable bonds is 7. The molecule has 1 atom stereocenters. The molecule has 6 heteroatoms. The molecule has 1 amide bonds. The summed E-state index contributed by atoms with van der Waals surface area (Å²) in [6, 6.07) is 19.0. The van der Waals surface area contributed by atoms with Gasteiger partial charge in [0.2, 0.25) is 0 Å². The van der Waals surface area contributed by atoms with Gasteiger partial charge in [-0.25, -0.2) is 5.43 Å². The molecule has 0 radical (unpaired) electrons. The third-order valence-electron chi connectivity index (χ3n) is 4.32. The van der Waals surface area contributed by atoms with E-state index >= 15 is 0 Å². The number of nitrogens with one attached hydrogen (secondary N) is 2. The smallest absolute Gasteiger partial charge is 0.262 e. The second-order valence-corrected chi connectivity index (χ2v) is 6.28. The Labute approximate surface area is 164 Å². The van der Waals surface area contributed by atoms with E-state index in [2.05, 4.69) is 21.9 Å². The molecule has 6 nitrogen and oxygen atoms in total. The highest BCUT2D eigenvalue weighted by Gasteiger charge is 2.12. The summed E-state index contributed by atoms with van der Waals surface area (Å²) >= 11 is 0. The molecule has 0 fully saturated rings. The molecule has 2 N–H and O–H groups in total. The lowest BCUT2D eigenvalue weighted by Crippen LogP contribution is -2.34. The first-order valence-corrected chi connectivity index (χ1v) is 8.91. The van der Waals surface area contributed by atoms with Gasteiger partial charge in [-0.05, 0) is 53.6 Å². The zero-order valence-electron chi connectivity index (χ0n) is 16.1. The van der Waals surface area contributed by atoms with Gasteiger partial charge in [-0.1, -0.05) is 30.3 Å². The summed E-state index contributed by atoms with van der Waals surface area (Å²) < 4.78 is 10.5. The Bertz CT molecular complexity index is 1000. The minimum atomic E-state index is -0.441. The van der Waals surface area contributed by atoms with Gasteiger partial charge < -0.3 is 14.8 Å². The van der Waals surface area contributed by atoms with Gasteiger partial charge in [-0.15, -0.1) is 0 Å². The highest BCUT2D eigenvalue weighted by Crippen LogP contribution is 2.26. The molecule has 0 aromatic heterocycles. The Morgan fingerprint density at radius 2 is 1.71 bits per heavy atom. The summed E-state index contributed by atoms with van der Waals surface area (Å²) in [6.45, 7) is 1.79. The summed E-state index contributed by atoms with van der Waals surface area (Å²) in [4.78, 5) is 12.3. The number of fused-ring (bicyclic) bond motifs is 1. The average Bonchev–Trinajstić information content (AvgIpc) is 2.73. The van der Waals surface area contributed by atoms with Crippen LogP contribution in [0, 0.1) is 0 Å². The number of amides is 1. The Hall–Kier alpha value is -3.54. The van der Waals surface area contributed by atoms with Crippen LogP contribution in [0.2, 0.25) is 0 Å². The Morgan fingerprint density at radius 3 is 2.46 bits per heavy atom. The molecule has 3 aromatic carbocycles. The summed E-state index contributed by atoms with van der Waals surface area (Å²) in [5.41, 5.74) is 4.22. The van der Waals surface area contributed by atoms with Gasteiger partial charge in [-0.3, -0.25) is 4.79 Å². The minimum Gasteiger partial charge on any atom is -0.493 e. The third kappa shape index (κ3) is 4.59. The molecule has 0 aliphatic rings. The molecule has 3 rings (SSSR count). The molecule has 144 valence electrons. The molecule has 28 heavy (non-hydrogen) atoms. The van der Waals surface area contributed by atoms with E-state index in [1.54, 1.807) is 39.5 Å². The van der Waals surface area contributed by atoms with E-state index in [1.165, 1.54) is 0 Å². The molecule has 0 saturated carbocycles. The molecular weight excluding hydrogens is 354 g/mol. The first kappa shape index (κ1) is 19.2. The Kier molecular flexibility index (Phi) is 6.11. The van der Waals surface area contributed by atoms with Gasteiger partial charge in [-0.2, -0.15) is 5.10 Å². The molecule has 0 spiro atoms. The highest BCUT2D eigenvalue weighted by molar-refractivity contribution is 5.89. The molecule has 0 aliphatic heterocycles. The van der Waals surface area contributed by atoms with E-state index in [4.69, 9.17) is 9.47 Å². The van der Waals surface area contributed by atoms with Gasteiger partial charge in [0.1, 0.15) is 6.04 Å². The molecule has 0 saturated heterocycles. The van der Waals surface area contributed by atoms with E-state index in [-0.39, 0.29) is 5.91 Å². The third-order valence-corrected chi connectivity index (χ3v) is 4.32. The van der Waals surface area contributed by atoms with Gasteiger partial charge in [0.15, 0.2) is 11.5 Å². The van der Waals surface area contributed by atoms with E-state index in [1.807, 2.05) is 42.5 Å². The van der Waals surface area contributed by atoms with Crippen LogP contribution in [-0.4, -0.2) is 32.4 Å². The molecule has 0 aliphatic carbocycles. The second-order valence-electron chi connectivity index (χ2n) is 6.28. The Morgan fingerprint density at radius 1 is 0.964 bits per heavy atom. The lowest BCUT2D eigenvalue weighted by atomic mass is 10.1. The zero-order chi connectivity index (χ0) is 19.9. The van der Waals surface area contributed by atoms with Crippen molar-refractivity contribution in [1.82, 2.24) is 5.43 Å². The zero-order valence-corrected chi connectivity index (χ0v) is 16.1. The van der Waals surface area contributed by atoms with Crippen LogP contribution in [0.4, 0.5) is 5.69 Å². The van der Waals surface area contributed by atoms with E-state index in [0.717, 1.165) is 22.0 Å². The van der Waals surface area contributed by atoms with Crippen molar-refractivity contribution in [2.45, 2.75) is 13.0 Å². The van der Waals surface area contributed by atoms with Gasteiger partial charge in [0.25, 0.3) is 5.91 Å². The summed E-state index contributed by atoms with van der Waals surface area (Å²) in [5.74, 6) is 1.01. The van der Waals surface area contributed by atoms with Crippen LogP contribution in [0.15, 0.2) is 65.8 Å². The van der Waals surface area contributed by atoms with Crippen molar-refractivity contribution in [2.24, 2.45) is 5.10 Å². The number of anilines is 1. The second kappa shape index (κ2) is 8.90. The fraction of sp³-hybridized carbons (Fsp3) is 0.182. The molecule has 0 bridgehead atoms. The highest BCUT2D eigenvalue weighted by atomic mass is 16.5. The van der Waals surface area contributed by atoms with Crippen molar-refractivity contribution in [3.63, 3.8) is 0 Å². The molecule has 0 heterocycles. The predicted octanol–water partition coefficient (Wildman–Crippen LogP) is 3.81. The quantitative estimate of drug-likeness (QED) is 0.485. The van der Waals surface area contributed by atoms with Crippen LogP contribution in [0.25, 0.3) is 10.8 Å². The van der Waals surface area contributed by atoms with E-state index in [0.29, 0.717) is 11.5 Å². The van der Waals surface area contributed by atoms with Crippen molar-refractivity contribution in [2.75, 3.05) is 19.5 Å². The number of hydrogen-bond donors (Lipinski definition) is 2. The maximum atomic E-state index is 12.3. The standard InChI is InChI=1S/C22H23N3O3/c1-15(24-19-10-9-17-6-4-5-7-18(17)13-19)22(26)25-23-14-16-8-11-20(27-2)21(12-16)28-3/h4-15,24H,1-3H3,(H,25,26)/b23-14-/t15-/m1/s1. The van der Waals surface area contributed by atoms with Crippen molar-refractivity contribution in [3.8, 4) is 11.5 Å². The van der Waals surface area contributed by atoms with Crippen molar-refractivity contribution in [1.29, 1.82) is 0 Å². The summed E-state index contributed by atoms with van der Waals surface area (Å²) in [5, 5.41) is 9.49. The first-order valence-electron chi connectivity index (χ1n) is 8.91. The van der Waals surface area contributed by atoms with Crippen LogP contribution in [0.5, 0.6) is 11.5 Å². The van der Waals surface area contributed by atoms with E-state index in [9.17, 15) is 4.79 Å². The molecular formula is C22H23N3O3. The maximum Gasteiger partial charge on any atom is 0.262 e. The SMILES string of the molecule is COc1ccc(/C=N\NC(=O)[C@@H](C)Nc2ccc3ccccc3c2)cc1OC. The number of hydrazone groups is 1. The topological polar surface area (TPSA) is 72.0 Å². The fourth-order valence-electron chi connectivity index (χ4n) is 2.80. The maximum absolute atomic E-state index is 12.3. The predicted molar refractivity (Wildman–Crippen MR) is 112 cm³/mol. The normalized spacial score (nSPS) is 12.0. The number of hydrogen-bond acceptors (Lipinski definition) is 5. The summed E-state index contributed by atoms with van der Waals surface area (Å²) in [6.07, 6.45) is 1.56. The number of carbonyl (C=O) groups is 1. The fourth-order valence-corrected chi connectivity index (χ4v) is 2.80. The number of methoxy groups -OCH3 is 2. The number of benzene rings is 3. The largest absolute Gasteiger partial charge is 0.493 e. The van der Waals surface area contributed by atoms with Crippen LogP contribution in [0.1, 0.15) is 12.5 Å². The lowest BCUT2D eigenvalue weighted by Gasteiger charge is -2.14. The molecule has 0 unspecified atom stereocenters. The lowest BCUT2D eigenvalue weighted by molar-refractivity contribution is -0.121. The van der Waals surface area contributed by atoms with Gasteiger partial charge in [0, 0.05) is 5.69 Å². The average molecular weight is 377 g/mol. The first-order chi connectivity index (χ1) is 13.6. The van der Waals surface area contributed by atoms with Crippen LogP contribution in [0.3, 0.4) is 0 Å².